The fraction of sp³-hybridized carbons (Fsp3) is 0.125. The quantitative estimate of drug-likeness (QED) is 0.310. The lowest BCUT2D eigenvalue weighted by Gasteiger charge is -2.19. The number of nitrogens with zero attached hydrogens (tertiary/aromatic N) is 5. The lowest BCUT2D eigenvalue weighted by Crippen LogP contribution is -2.41. The lowest BCUT2D eigenvalue weighted by molar-refractivity contribution is 0.0472. The maximum absolute atomic E-state index is 14.1. The van der Waals surface area contributed by atoms with Crippen molar-refractivity contribution in [3.63, 3.8) is 0 Å². The summed E-state index contributed by atoms with van der Waals surface area (Å²) in [6.45, 7) is 1.90. The van der Waals surface area contributed by atoms with Crippen molar-refractivity contribution in [1.29, 1.82) is 0 Å². The highest BCUT2D eigenvalue weighted by Crippen LogP contribution is 2.18. The fourth-order valence-electron chi connectivity index (χ4n) is 3.32. The third-order valence-electron chi connectivity index (χ3n) is 5.09. The van der Waals surface area contributed by atoms with E-state index in [4.69, 9.17) is 4.74 Å². The van der Waals surface area contributed by atoms with Gasteiger partial charge in [-0.15, -0.1) is 4.68 Å². The maximum Gasteiger partial charge on any atom is 0.377 e. The summed E-state index contributed by atoms with van der Waals surface area (Å²) in [5.74, 6) is -2.61. The highest BCUT2D eigenvalue weighted by molar-refractivity contribution is 5.94. The molecule has 4 rings (SSSR count). The Morgan fingerprint density at radius 2 is 1.57 bits per heavy atom. The number of carbonyl (C=O) groups is 2. The largest absolute Gasteiger partial charge is 0.457 e. The highest BCUT2D eigenvalue weighted by atomic mass is 19.1. The van der Waals surface area contributed by atoms with Crippen molar-refractivity contribution in [1.82, 2.24) is 19.8 Å². The van der Waals surface area contributed by atoms with Crippen LogP contribution in [0.5, 0.6) is 0 Å². The first-order valence-electron chi connectivity index (χ1n) is 10.5. The third-order valence-corrected chi connectivity index (χ3v) is 5.09. The lowest BCUT2D eigenvalue weighted by atomic mass is 10.2. The fourth-order valence-corrected chi connectivity index (χ4v) is 3.32. The molecular weight excluding hydrogens is 460 g/mol. The van der Waals surface area contributed by atoms with Gasteiger partial charge in [-0.3, -0.25) is 4.90 Å². The second-order valence-electron chi connectivity index (χ2n) is 7.29. The standard InChI is InChI=1S/C24H19F2N5O4/c1-2-29(18-13-11-17(12-14-18)22(32)35-15-16-7-4-3-5-8-16)23(33)31-24(34)30(27-28-31)21-19(25)9-6-10-20(21)26/h3-14H,2,15H2,1H3. The minimum atomic E-state index is -1.14. The number of hydrogen-bond donors (Lipinski definition) is 0. The Kier molecular flexibility index (Phi) is 6.76. The minimum Gasteiger partial charge on any atom is -0.457 e. The van der Waals surface area contributed by atoms with Crippen LogP contribution in [0.15, 0.2) is 77.6 Å². The first-order valence-corrected chi connectivity index (χ1v) is 10.5. The molecule has 1 aromatic heterocycles. The van der Waals surface area contributed by atoms with Crippen LogP contribution in [0.4, 0.5) is 19.3 Å². The smallest absolute Gasteiger partial charge is 0.377 e. The van der Waals surface area contributed by atoms with Gasteiger partial charge in [0.25, 0.3) is 0 Å². The van der Waals surface area contributed by atoms with E-state index in [0.29, 0.717) is 15.1 Å². The van der Waals surface area contributed by atoms with Crippen LogP contribution in [0, 0.1) is 11.6 Å². The monoisotopic (exact) mass is 479 g/mol. The first-order chi connectivity index (χ1) is 16.9. The van der Waals surface area contributed by atoms with Crippen molar-refractivity contribution in [2.45, 2.75) is 13.5 Å². The van der Waals surface area contributed by atoms with E-state index in [-0.39, 0.29) is 18.7 Å². The van der Waals surface area contributed by atoms with Crippen molar-refractivity contribution in [2.75, 3.05) is 11.4 Å². The zero-order chi connectivity index (χ0) is 24.9. The number of carbonyl (C=O) groups excluding carboxylic acids is 2. The summed E-state index contributed by atoms with van der Waals surface area (Å²) < 4.78 is 34.2. The molecule has 0 fully saturated rings. The predicted molar refractivity (Wildman–Crippen MR) is 121 cm³/mol. The molecule has 9 nitrogen and oxygen atoms in total. The number of halogens is 2. The summed E-state index contributed by atoms with van der Waals surface area (Å²) >= 11 is 0. The molecule has 0 aliphatic carbocycles. The van der Waals surface area contributed by atoms with Gasteiger partial charge in [-0.05, 0) is 59.3 Å². The Morgan fingerprint density at radius 1 is 0.914 bits per heavy atom. The topological polar surface area (TPSA) is 99.3 Å². The minimum absolute atomic E-state index is 0.113. The van der Waals surface area contributed by atoms with Crippen LogP contribution in [0.3, 0.4) is 0 Å². The molecule has 0 N–H and O–H groups in total. The van der Waals surface area contributed by atoms with Gasteiger partial charge in [0, 0.05) is 12.2 Å². The van der Waals surface area contributed by atoms with Gasteiger partial charge in [-0.25, -0.2) is 23.2 Å². The summed E-state index contributed by atoms with van der Waals surface area (Å²) in [6.07, 6.45) is 0. The number of rotatable bonds is 6. The molecule has 4 aromatic rings. The Morgan fingerprint density at radius 3 is 2.20 bits per heavy atom. The zero-order valence-electron chi connectivity index (χ0n) is 18.5. The number of para-hydroxylation sites is 1. The number of benzene rings is 3. The maximum atomic E-state index is 14.1. The number of anilines is 1. The Labute approximate surface area is 197 Å². The van der Waals surface area contributed by atoms with Crippen molar-refractivity contribution in [3.05, 3.63) is 106 Å². The van der Waals surface area contributed by atoms with Crippen molar-refractivity contribution < 1.29 is 23.1 Å². The highest BCUT2D eigenvalue weighted by Gasteiger charge is 2.24. The average Bonchev–Trinajstić information content (AvgIpc) is 3.24. The molecule has 0 radical (unpaired) electrons. The van der Waals surface area contributed by atoms with Gasteiger partial charge in [0.2, 0.25) is 0 Å². The van der Waals surface area contributed by atoms with E-state index in [1.165, 1.54) is 29.2 Å². The van der Waals surface area contributed by atoms with E-state index < -0.39 is 35.0 Å². The second kappa shape index (κ2) is 10.1. The van der Waals surface area contributed by atoms with Gasteiger partial charge in [0.15, 0.2) is 11.6 Å². The summed E-state index contributed by atoms with van der Waals surface area (Å²) in [5, 5.41) is 6.94. The number of esters is 1. The summed E-state index contributed by atoms with van der Waals surface area (Å²) in [5.41, 5.74) is -0.410. The molecule has 1 amide bonds. The summed E-state index contributed by atoms with van der Waals surface area (Å²) in [4.78, 5) is 39.2. The molecule has 11 heteroatoms. The SMILES string of the molecule is CCN(C(=O)n1nnn(-c2c(F)cccc2F)c1=O)c1ccc(C(=O)OCc2ccccc2)cc1. The predicted octanol–water partition coefficient (Wildman–Crippen LogP) is 3.56. The molecule has 0 saturated carbocycles. The van der Waals surface area contributed by atoms with Crippen LogP contribution in [0.25, 0.3) is 5.69 Å². The van der Waals surface area contributed by atoms with Crippen LogP contribution >= 0.6 is 0 Å². The molecule has 0 saturated heterocycles. The number of tetrazole rings is 1. The number of hydrogen-bond acceptors (Lipinski definition) is 6. The molecule has 0 spiro atoms. The van der Waals surface area contributed by atoms with Crippen molar-refractivity contribution in [3.8, 4) is 5.69 Å². The molecule has 178 valence electrons. The van der Waals surface area contributed by atoms with E-state index in [1.54, 1.807) is 6.92 Å². The summed E-state index contributed by atoms with van der Waals surface area (Å²) in [6, 6.07) is 17.3. The Hall–Kier alpha value is -4.67. The Bertz CT molecular complexity index is 1400. The summed E-state index contributed by atoms with van der Waals surface area (Å²) in [7, 11) is 0. The molecule has 0 aliphatic rings. The first kappa shape index (κ1) is 23.5. The normalized spacial score (nSPS) is 10.7. The van der Waals surface area contributed by atoms with Crippen molar-refractivity contribution in [2.24, 2.45) is 0 Å². The molecule has 1 heterocycles. The van der Waals surface area contributed by atoms with Gasteiger partial charge in [0.1, 0.15) is 12.3 Å². The van der Waals surface area contributed by atoms with Gasteiger partial charge >= 0.3 is 17.7 Å². The number of aromatic nitrogens is 4. The second-order valence-corrected chi connectivity index (χ2v) is 7.29. The number of amides is 1. The van der Waals surface area contributed by atoms with Crippen LogP contribution < -0.4 is 10.6 Å². The van der Waals surface area contributed by atoms with Crippen LogP contribution in [-0.4, -0.2) is 38.3 Å². The molecule has 0 bridgehead atoms. The molecule has 0 atom stereocenters. The van der Waals surface area contributed by atoms with Gasteiger partial charge in [0.05, 0.1) is 5.56 Å². The van der Waals surface area contributed by atoms with Crippen LogP contribution in [0.1, 0.15) is 22.8 Å². The van der Waals surface area contributed by atoms with E-state index in [9.17, 15) is 23.2 Å². The third kappa shape index (κ3) is 4.83. The average molecular weight is 479 g/mol. The van der Waals surface area contributed by atoms with Crippen LogP contribution in [-0.2, 0) is 11.3 Å². The van der Waals surface area contributed by atoms with E-state index in [1.807, 2.05) is 30.3 Å². The molecule has 0 unspecified atom stereocenters. The van der Waals surface area contributed by atoms with E-state index in [0.717, 1.165) is 23.8 Å². The molecule has 3 aromatic carbocycles. The molecule has 0 aliphatic heterocycles. The van der Waals surface area contributed by atoms with E-state index >= 15 is 0 Å². The van der Waals surface area contributed by atoms with Crippen LogP contribution in [0.2, 0.25) is 0 Å². The zero-order valence-corrected chi connectivity index (χ0v) is 18.5. The van der Waals surface area contributed by atoms with Gasteiger partial charge in [-0.2, -0.15) is 4.68 Å². The molecular formula is C24H19F2N5O4. The molecule has 35 heavy (non-hydrogen) atoms. The Balaban J connectivity index is 1.52. The van der Waals surface area contributed by atoms with Gasteiger partial charge < -0.3 is 4.74 Å². The van der Waals surface area contributed by atoms with Gasteiger partial charge in [-0.1, -0.05) is 36.4 Å². The van der Waals surface area contributed by atoms with Crippen molar-refractivity contribution >= 4 is 17.7 Å². The van der Waals surface area contributed by atoms with E-state index in [2.05, 4.69) is 10.4 Å². The number of ether oxygens (including phenoxy) is 1.